The minimum absolute atomic E-state index is 0.223. The van der Waals surface area contributed by atoms with Gasteiger partial charge in [-0.2, -0.15) is 0 Å². The van der Waals surface area contributed by atoms with E-state index in [0.29, 0.717) is 12.3 Å². The van der Waals surface area contributed by atoms with Crippen molar-refractivity contribution < 1.29 is 9.53 Å². The Labute approximate surface area is 107 Å². The number of anilines is 1. The van der Waals surface area contributed by atoms with Gasteiger partial charge in [0.2, 0.25) is 0 Å². The maximum absolute atomic E-state index is 11.7. The molecule has 0 aromatic carbocycles. The maximum Gasteiger partial charge on any atom is 0.359 e. The van der Waals surface area contributed by atoms with Gasteiger partial charge in [-0.05, 0) is 50.3 Å². The van der Waals surface area contributed by atoms with Gasteiger partial charge in [0.05, 0.1) is 18.0 Å². The molecule has 0 saturated carbocycles. The van der Waals surface area contributed by atoms with Crippen LogP contribution in [0.3, 0.4) is 0 Å². The number of nitrogens with two attached hydrogens (primary N) is 1. The molecule has 2 N–H and O–H groups in total. The number of nitrogens with zero attached hydrogens (tertiary/aromatic N) is 1. The first-order valence-corrected chi connectivity index (χ1v) is 6.35. The molecule has 1 aromatic heterocycles. The van der Waals surface area contributed by atoms with Gasteiger partial charge in [-0.1, -0.05) is 6.08 Å². The van der Waals surface area contributed by atoms with Crippen LogP contribution in [0, 0.1) is 0 Å². The average Bonchev–Trinajstić information content (AvgIpc) is 2.40. The lowest BCUT2D eigenvalue weighted by Gasteiger charge is -2.13. The Hall–Kier alpha value is -1.84. The number of rotatable bonds is 3. The molecule has 0 fully saturated rings. The number of aromatic nitrogens is 1. The van der Waals surface area contributed by atoms with E-state index in [4.69, 9.17) is 10.5 Å². The summed E-state index contributed by atoms with van der Waals surface area (Å²) >= 11 is 0. The molecule has 0 bridgehead atoms. The number of pyridine rings is 1. The largest absolute Gasteiger partial charge is 0.461 e. The maximum atomic E-state index is 11.7. The molecule has 1 heterocycles. The van der Waals surface area contributed by atoms with Crippen LogP contribution >= 0.6 is 0 Å². The van der Waals surface area contributed by atoms with Crippen molar-refractivity contribution in [3.05, 3.63) is 29.6 Å². The lowest BCUT2D eigenvalue weighted by molar-refractivity contribution is 0.0521. The van der Waals surface area contributed by atoms with E-state index in [1.54, 1.807) is 13.0 Å². The minimum atomic E-state index is -0.451. The number of nitrogen functional groups attached to an aromatic ring is 1. The molecular weight excluding hydrogens is 228 g/mol. The van der Waals surface area contributed by atoms with Crippen LogP contribution in [-0.2, 0) is 4.74 Å². The van der Waals surface area contributed by atoms with Gasteiger partial charge in [-0.25, -0.2) is 9.78 Å². The summed E-state index contributed by atoms with van der Waals surface area (Å²) in [7, 11) is 0. The fourth-order valence-electron chi connectivity index (χ4n) is 2.08. The molecule has 18 heavy (non-hydrogen) atoms. The summed E-state index contributed by atoms with van der Waals surface area (Å²) in [6.07, 6.45) is 6.68. The van der Waals surface area contributed by atoms with Crippen LogP contribution in [0.2, 0.25) is 0 Å². The molecule has 2 rings (SSSR count). The Morgan fingerprint density at radius 1 is 1.44 bits per heavy atom. The Bertz CT molecular complexity index is 481. The van der Waals surface area contributed by atoms with Gasteiger partial charge in [0.15, 0.2) is 5.69 Å². The first-order valence-electron chi connectivity index (χ1n) is 6.35. The van der Waals surface area contributed by atoms with Crippen molar-refractivity contribution >= 4 is 17.2 Å². The first-order chi connectivity index (χ1) is 8.72. The Balaban J connectivity index is 2.31. The predicted molar refractivity (Wildman–Crippen MR) is 71.1 cm³/mol. The second-order valence-electron chi connectivity index (χ2n) is 4.33. The molecule has 96 valence electrons. The van der Waals surface area contributed by atoms with E-state index in [-0.39, 0.29) is 5.69 Å². The van der Waals surface area contributed by atoms with E-state index in [0.717, 1.165) is 18.5 Å². The van der Waals surface area contributed by atoms with Crippen molar-refractivity contribution in [2.24, 2.45) is 0 Å². The van der Waals surface area contributed by atoms with Gasteiger partial charge in [0.1, 0.15) is 0 Å². The highest BCUT2D eigenvalue weighted by molar-refractivity contribution is 5.93. The Morgan fingerprint density at radius 3 is 2.94 bits per heavy atom. The summed E-state index contributed by atoms with van der Waals surface area (Å²) < 4.78 is 4.95. The molecule has 0 spiro atoms. The zero-order valence-electron chi connectivity index (χ0n) is 10.6. The van der Waals surface area contributed by atoms with E-state index >= 15 is 0 Å². The van der Waals surface area contributed by atoms with Crippen molar-refractivity contribution in [3.8, 4) is 0 Å². The predicted octanol–water partition coefficient (Wildman–Crippen LogP) is 2.80. The molecule has 4 nitrogen and oxygen atoms in total. The SMILES string of the molecule is CCOC(=O)c1nc(C2=CCCCC2)ccc1N. The molecule has 4 heteroatoms. The summed E-state index contributed by atoms with van der Waals surface area (Å²) in [5.74, 6) is -0.451. The first kappa shape index (κ1) is 12.6. The molecule has 0 amide bonds. The summed E-state index contributed by atoms with van der Waals surface area (Å²) in [6.45, 7) is 2.09. The van der Waals surface area contributed by atoms with Gasteiger partial charge in [-0.3, -0.25) is 0 Å². The Morgan fingerprint density at radius 2 is 2.28 bits per heavy atom. The monoisotopic (exact) mass is 246 g/mol. The van der Waals surface area contributed by atoms with Crippen molar-refractivity contribution in [3.63, 3.8) is 0 Å². The fourth-order valence-corrected chi connectivity index (χ4v) is 2.08. The van der Waals surface area contributed by atoms with E-state index in [9.17, 15) is 4.79 Å². The third-order valence-corrected chi connectivity index (χ3v) is 3.02. The van der Waals surface area contributed by atoms with Gasteiger partial charge in [0.25, 0.3) is 0 Å². The third kappa shape index (κ3) is 2.70. The van der Waals surface area contributed by atoms with Crippen LogP contribution in [-0.4, -0.2) is 17.6 Å². The smallest absolute Gasteiger partial charge is 0.359 e. The number of hydrogen-bond acceptors (Lipinski definition) is 4. The van der Waals surface area contributed by atoms with Crippen LogP contribution in [0.4, 0.5) is 5.69 Å². The highest BCUT2D eigenvalue weighted by atomic mass is 16.5. The molecule has 0 saturated heterocycles. The van der Waals surface area contributed by atoms with Gasteiger partial charge in [0, 0.05) is 0 Å². The molecule has 0 aliphatic heterocycles. The second-order valence-corrected chi connectivity index (χ2v) is 4.33. The number of ether oxygens (including phenoxy) is 1. The van der Waals surface area contributed by atoms with E-state index < -0.39 is 5.97 Å². The summed E-state index contributed by atoms with van der Waals surface area (Å²) in [5.41, 5.74) is 8.40. The number of esters is 1. The van der Waals surface area contributed by atoms with Gasteiger partial charge < -0.3 is 10.5 Å². The number of allylic oxidation sites excluding steroid dienone is 2. The van der Waals surface area contributed by atoms with Crippen LogP contribution in [0.15, 0.2) is 18.2 Å². The molecule has 1 aromatic rings. The lowest BCUT2D eigenvalue weighted by atomic mass is 9.96. The minimum Gasteiger partial charge on any atom is -0.461 e. The quantitative estimate of drug-likeness (QED) is 0.833. The molecule has 0 unspecified atom stereocenters. The zero-order valence-corrected chi connectivity index (χ0v) is 10.6. The van der Waals surface area contributed by atoms with Crippen LogP contribution in [0.1, 0.15) is 48.8 Å². The van der Waals surface area contributed by atoms with Crippen molar-refractivity contribution in [2.45, 2.75) is 32.6 Å². The van der Waals surface area contributed by atoms with Crippen molar-refractivity contribution in [1.29, 1.82) is 0 Å². The Kier molecular flexibility index (Phi) is 3.97. The van der Waals surface area contributed by atoms with Crippen LogP contribution < -0.4 is 5.73 Å². The lowest BCUT2D eigenvalue weighted by Crippen LogP contribution is -2.11. The standard InChI is InChI=1S/C14H18N2O2/c1-2-18-14(17)13-11(15)8-9-12(16-13)10-6-4-3-5-7-10/h6,8-9H,2-5,7,15H2,1H3. The highest BCUT2D eigenvalue weighted by Crippen LogP contribution is 2.26. The second kappa shape index (κ2) is 5.67. The normalized spacial score (nSPS) is 15.1. The molecule has 1 aliphatic carbocycles. The number of hydrogen-bond donors (Lipinski definition) is 1. The van der Waals surface area contributed by atoms with Crippen molar-refractivity contribution in [1.82, 2.24) is 4.98 Å². The van der Waals surface area contributed by atoms with Gasteiger partial charge in [-0.15, -0.1) is 0 Å². The molecule has 0 radical (unpaired) electrons. The van der Waals surface area contributed by atoms with Crippen molar-refractivity contribution in [2.75, 3.05) is 12.3 Å². The molecular formula is C14H18N2O2. The third-order valence-electron chi connectivity index (χ3n) is 3.02. The molecule has 0 atom stereocenters. The average molecular weight is 246 g/mol. The summed E-state index contributed by atoms with van der Waals surface area (Å²) in [4.78, 5) is 16.1. The van der Waals surface area contributed by atoms with Crippen LogP contribution in [0.25, 0.3) is 5.57 Å². The van der Waals surface area contributed by atoms with Gasteiger partial charge >= 0.3 is 5.97 Å². The number of carbonyl (C=O) groups is 1. The van der Waals surface area contributed by atoms with Crippen LogP contribution in [0.5, 0.6) is 0 Å². The zero-order chi connectivity index (χ0) is 13.0. The van der Waals surface area contributed by atoms with E-state index in [1.807, 2.05) is 6.07 Å². The molecule has 1 aliphatic rings. The van der Waals surface area contributed by atoms with E-state index in [1.165, 1.54) is 18.4 Å². The van der Waals surface area contributed by atoms with E-state index in [2.05, 4.69) is 11.1 Å². The highest BCUT2D eigenvalue weighted by Gasteiger charge is 2.15. The topological polar surface area (TPSA) is 65.2 Å². The fraction of sp³-hybridized carbons (Fsp3) is 0.429. The number of carbonyl (C=O) groups excluding carboxylic acids is 1. The summed E-state index contributed by atoms with van der Waals surface area (Å²) in [6, 6.07) is 3.60. The summed E-state index contributed by atoms with van der Waals surface area (Å²) in [5, 5.41) is 0.